The van der Waals surface area contributed by atoms with Crippen LogP contribution < -0.4 is 5.32 Å². The Hall–Kier alpha value is -3.19. The summed E-state index contributed by atoms with van der Waals surface area (Å²) < 4.78 is 2.08. The SMILES string of the molecule is CC(C)N1C(=S)NC(c2ccccn2)C1c1cccn1-c1ccc(C(=O)O)cc1. The molecule has 7 heteroatoms. The summed E-state index contributed by atoms with van der Waals surface area (Å²) in [5, 5.41) is 13.3. The number of nitrogens with zero attached hydrogens (tertiary/aromatic N) is 3. The molecule has 3 heterocycles. The molecule has 2 atom stereocenters. The summed E-state index contributed by atoms with van der Waals surface area (Å²) in [6, 6.07) is 16.9. The van der Waals surface area contributed by atoms with E-state index in [0.29, 0.717) is 5.11 Å². The van der Waals surface area contributed by atoms with E-state index < -0.39 is 5.97 Å². The second kappa shape index (κ2) is 7.67. The van der Waals surface area contributed by atoms with Gasteiger partial charge in [0.2, 0.25) is 0 Å². The quantitative estimate of drug-likeness (QED) is 0.625. The van der Waals surface area contributed by atoms with E-state index in [2.05, 4.69) is 39.7 Å². The van der Waals surface area contributed by atoms with E-state index in [1.165, 1.54) is 0 Å². The lowest BCUT2D eigenvalue weighted by molar-refractivity contribution is 0.0697. The van der Waals surface area contributed by atoms with Crippen LogP contribution in [0.25, 0.3) is 5.69 Å². The van der Waals surface area contributed by atoms with Gasteiger partial charge in [-0.05, 0) is 74.6 Å². The second-order valence-electron chi connectivity index (χ2n) is 7.28. The van der Waals surface area contributed by atoms with Gasteiger partial charge in [0.1, 0.15) is 0 Å². The highest BCUT2D eigenvalue weighted by atomic mass is 32.1. The van der Waals surface area contributed by atoms with E-state index >= 15 is 0 Å². The van der Waals surface area contributed by atoms with Gasteiger partial charge in [0.25, 0.3) is 0 Å². The monoisotopic (exact) mass is 406 g/mol. The number of aromatic carboxylic acids is 1. The first-order chi connectivity index (χ1) is 14.0. The number of carbonyl (C=O) groups is 1. The highest BCUT2D eigenvalue weighted by Crippen LogP contribution is 2.40. The van der Waals surface area contributed by atoms with Crippen LogP contribution in [0.15, 0.2) is 67.0 Å². The predicted octanol–water partition coefficient (Wildman–Crippen LogP) is 3.95. The van der Waals surface area contributed by atoms with Crippen LogP contribution in [-0.2, 0) is 0 Å². The molecule has 0 spiro atoms. The minimum absolute atomic E-state index is 0.0495. The topological polar surface area (TPSA) is 70.4 Å². The molecule has 4 rings (SSSR count). The molecule has 1 aliphatic heterocycles. The number of benzene rings is 1. The molecule has 0 radical (unpaired) electrons. The summed E-state index contributed by atoms with van der Waals surface area (Å²) in [5.74, 6) is -0.934. The molecule has 0 bridgehead atoms. The number of pyridine rings is 1. The first-order valence-electron chi connectivity index (χ1n) is 9.48. The van der Waals surface area contributed by atoms with Crippen molar-refractivity contribution >= 4 is 23.3 Å². The van der Waals surface area contributed by atoms with Crippen LogP contribution in [0.3, 0.4) is 0 Å². The van der Waals surface area contributed by atoms with Crippen molar-refractivity contribution in [1.29, 1.82) is 0 Å². The normalized spacial score (nSPS) is 18.9. The molecule has 1 aromatic carbocycles. The lowest BCUT2D eigenvalue weighted by Crippen LogP contribution is -2.36. The Morgan fingerprint density at radius 1 is 1.14 bits per heavy atom. The minimum atomic E-state index is -0.934. The Balaban J connectivity index is 1.80. The van der Waals surface area contributed by atoms with E-state index in [1.807, 2.05) is 42.6 Å². The maximum Gasteiger partial charge on any atom is 0.335 e. The zero-order chi connectivity index (χ0) is 20.5. The molecule has 29 heavy (non-hydrogen) atoms. The molecule has 1 saturated heterocycles. The molecule has 2 N–H and O–H groups in total. The highest BCUT2D eigenvalue weighted by molar-refractivity contribution is 7.80. The fourth-order valence-corrected chi connectivity index (χ4v) is 4.32. The van der Waals surface area contributed by atoms with E-state index in [4.69, 9.17) is 12.2 Å². The van der Waals surface area contributed by atoms with Crippen molar-refractivity contribution in [2.75, 3.05) is 0 Å². The fraction of sp³-hybridized carbons (Fsp3) is 0.227. The molecular formula is C22H22N4O2S. The first-order valence-corrected chi connectivity index (χ1v) is 9.89. The van der Waals surface area contributed by atoms with Gasteiger partial charge in [0, 0.05) is 29.8 Å². The maximum absolute atomic E-state index is 11.2. The van der Waals surface area contributed by atoms with Crippen molar-refractivity contribution in [1.82, 2.24) is 19.8 Å². The molecular weight excluding hydrogens is 384 g/mol. The van der Waals surface area contributed by atoms with Gasteiger partial charge in [-0.3, -0.25) is 4.98 Å². The van der Waals surface area contributed by atoms with Crippen molar-refractivity contribution in [3.05, 3.63) is 83.9 Å². The van der Waals surface area contributed by atoms with Crippen molar-refractivity contribution in [2.24, 2.45) is 0 Å². The lowest BCUT2D eigenvalue weighted by atomic mass is 10.0. The van der Waals surface area contributed by atoms with Gasteiger partial charge in [-0.1, -0.05) is 6.07 Å². The number of carboxylic acids is 1. The van der Waals surface area contributed by atoms with E-state index in [1.54, 1.807) is 18.3 Å². The summed E-state index contributed by atoms with van der Waals surface area (Å²) >= 11 is 5.66. The average Bonchev–Trinajstić information content (AvgIpc) is 3.32. The summed E-state index contributed by atoms with van der Waals surface area (Å²) in [4.78, 5) is 17.9. The minimum Gasteiger partial charge on any atom is -0.478 e. The number of hydrogen-bond acceptors (Lipinski definition) is 3. The molecule has 0 amide bonds. The Labute approximate surface area is 174 Å². The zero-order valence-electron chi connectivity index (χ0n) is 16.2. The van der Waals surface area contributed by atoms with Crippen LogP contribution in [0.1, 0.15) is 47.7 Å². The van der Waals surface area contributed by atoms with Crippen LogP contribution in [-0.4, -0.2) is 36.7 Å². The third kappa shape index (κ3) is 3.49. The van der Waals surface area contributed by atoms with E-state index in [-0.39, 0.29) is 23.7 Å². The molecule has 2 unspecified atom stereocenters. The Morgan fingerprint density at radius 3 is 2.52 bits per heavy atom. The third-order valence-electron chi connectivity index (χ3n) is 5.17. The van der Waals surface area contributed by atoms with E-state index in [9.17, 15) is 9.90 Å². The van der Waals surface area contributed by atoms with Crippen molar-refractivity contribution in [2.45, 2.75) is 32.0 Å². The lowest BCUT2D eigenvalue weighted by Gasteiger charge is -2.31. The van der Waals surface area contributed by atoms with Crippen molar-refractivity contribution in [3.63, 3.8) is 0 Å². The molecule has 1 fully saturated rings. The van der Waals surface area contributed by atoms with Crippen molar-refractivity contribution in [3.8, 4) is 5.69 Å². The molecule has 1 aliphatic rings. The number of thiocarbonyl (C=S) groups is 1. The number of rotatable bonds is 5. The van der Waals surface area contributed by atoms with Gasteiger partial charge >= 0.3 is 5.97 Å². The Bertz CT molecular complexity index is 1030. The number of carboxylic acid groups (broad SMARTS) is 1. The van der Waals surface area contributed by atoms with E-state index in [0.717, 1.165) is 17.1 Å². The Morgan fingerprint density at radius 2 is 1.90 bits per heavy atom. The van der Waals surface area contributed by atoms with Gasteiger partial charge in [-0.15, -0.1) is 0 Å². The van der Waals surface area contributed by atoms with Gasteiger partial charge in [-0.25, -0.2) is 4.79 Å². The molecule has 2 aromatic heterocycles. The Kier molecular flexibility index (Phi) is 5.07. The average molecular weight is 407 g/mol. The molecule has 6 nitrogen and oxygen atoms in total. The molecule has 0 aliphatic carbocycles. The summed E-state index contributed by atoms with van der Waals surface area (Å²) in [7, 11) is 0. The summed E-state index contributed by atoms with van der Waals surface area (Å²) in [6.45, 7) is 4.24. The standard InChI is InChI=1S/C22H22N4O2S/c1-14(2)26-20(19(24-22(26)29)17-6-3-4-12-23-17)18-7-5-13-25(18)16-10-8-15(9-11-16)21(27)28/h3-14,19-20H,1-2H3,(H,24,29)(H,27,28). The fourth-order valence-electron chi connectivity index (χ4n) is 3.87. The second-order valence-corrected chi connectivity index (χ2v) is 7.67. The molecule has 3 aromatic rings. The van der Waals surface area contributed by atoms with Crippen LogP contribution in [0.5, 0.6) is 0 Å². The third-order valence-corrected chi connectivity index (χ3v) is 5.50. The first kappa shape index (κ1) is 19.1. The van der Waals surface area contributed by atoms with Crippen molar-refractivity contribution < 1.29 is 9.90 Å². The zero-order valence-corrected chi connectivity index (χ0v) is 17.0. The van der Waals surface area contributed by atoms with Gasteiger partial charge in [-0.2, -0.15) is 0 Å². The molecule has 0 saturated carbocycles. The molecule has 148 valence electrons. The van der Waals surface area contributed by atoms with Crippen LogP contribution in [0.4, 0.5) is 0 Å². The number of aromatic nitrogens is 2. The predicted molar refractivity (Wildman–Crippen MR) is 115 cm³/mol. The largest absolute Gasteiger partial charge is 0.478 e. The van der Waals surface area contributed by atoms with Crippen LogP contribution in [0.2, 0.25) is 0 Å². The van der Waals surface area contributed by atoms with Gasteiger partial charge in [0.15, 0.2) is 5.11 Å². The number of nitrogens with one attached hydrogen (secondary N) is 1. The smallest absolute Gasteiger partial charge is 0.335 e. The van der Waals surface area contributed by atoms with Crippen LogP contribution >= 0.6 is 12.2 Å². The summed E-state index contributed by atoms with van der Waals surface area (Å²) in [6.07, 6.45) is 3.78. The highest BCUT2D eigenvalue weighted by Gasteiger charge is 2.42. The maximum atomic E-state index is 11.2. The number of hydrogen-bond donors (Lipinski definition) is 2. The van der Waals surface area contributed by atoms with Gasteiger partial charge in [0.05, 0.1) is 23.3 Å². The van der Waals surface area contributed by atoms with Gasteiger partial charge < -0.3 is 19.9 Å². The van der Waals surface area contributed by atoms with Crippen LogP contribution in [0, 0.1) is 0 Å². The summed E-state index contributed by atoms with van der Waals surface area (Å²) in [5.41, 5.74) is 3.15.